The van der Waals surface area contributed by atoms with Gasteiger partial charge in [0.2, 0.25) is 5.43 Å². The molecule has 142 valence electrons. The Morgan fingerprint density at radius 1 is 1.26 bits per heavy atom. The monoisotopic (exact) mass is 371 g/mol. The number of aromatic nitrogens is 1. The van der Waals surface area contributed by atoms with Crippen LogP contribution in [-0.2, 0) is 13.5 Å². The Kier molecular flexibility index (Phi) is 3.58. The fourth-order valence-corrected chi connectivity index (χ4v) is 3.84. The van der Waals surface area contributed by atoms with Gasteiger partial charge in [-0.15, -0.1) is 0 Å². The third-order valence-electron chi connectivity index (χ3n) is 5.38. The molecule has 0 aliphatic carbocycles. The summed E-state index contributed by atoms with van der Waals surface area (Å²) in [5.41, 5.74) is -0.277. The number of aryl methyl sites for hydroxylation is 1. The number of benzene rings is 2. The molecule has 3 N–H and O–H groups in total. The molecule has 0 radical (unpaired) electrons. The molecule has 1 aliphatic rings. The van der Waals surface area contributed by atoms with Gasteiger partial charge in [-0.05, 0) is 26.0 Å². The van der Waals surface area contributed by atoms with Gasteiger partial charge in [0.25, 0.3) is 0 Å². The third-order valence-corrected chi connectivity index (χ3v) is 5.38. The predicted molar refractivity (Wildman–Crippen MR) is 101 cm³/mol. The summed E-state index contributed by atoms with van der Waals surface area (Å²) in [5, 5.41) is 32.0. The highest BCUT2D eigenvalue weighted by molar-refractivity contribution is 6.03. The van der Waals surface area contributed by atoms with Gasteiger partial charge in [-0.2, -0.15) is 0 Å². The first-order chi connectivity index (χ1) is 12.7. The smallest absolute Gasteiger partial charge is 0.201 e. The zero-order chi connectivity index (χ0) is 19.7. The van der Waals surface area contributed by atoms with Crippen molar-refractivity contribution in [1.29, 1.82) is 0 Å². The van der Waals surface area contributed by atoms with Crippen molar-refractivity contribution in [3.63, 3.8) is 0 Å². The molecule has 4 rings (SSSR count). The number of aliphatic hydroxyl groups excluding tert-OH is 1. The second-order valence-corrected chi connectivity index (χ2v) is 7.40. The van der Waals surface area contributed by atoms with Gasteiger partial charge in [0.15, 0.2) is 11.5 Å². The molecule has 0 saturated heterocycles. The molecular formula is C20H21NO6. The average Bonchev–Trinajstić information content (AvgIpc) is 2.61. The van der Waals surface area contributed by atoms with E-state index in [2.05, 4.69) is 0 Å². The van der Waals surface area contributed by atoms with E-state index < -0.39 is 11.7 Å². The standard InChI is InChI=1S/C20H21NO6/c1-20(2)12(23)8-10-17(25)19(26-4)15-13(18(10)27-20)16(24)9-6-5-7-11(22)14(9)21(15)3/h5-7,12,22-23,25H,8H2,1-4H3/t12-/m1/s1. The van der Waals surface area contributed by atoms with Crippen molar-refractivity contribution < 1.29 is 24.8 Å². The van der Waals surface area contributed by atoms with Crippen LogP contribution in [0.5, 0.6) is 23.0 Å². The summed E-state index contributed by atoms with van der Waals surface area (Å²) < 4.78 is 13.0. The molecule has 0 fully saturated rings. The van der Waals surface area contributed by atoms with Gasteiger partial charge < -0.3 is 29.4 Å². The number of para-hydroxylation sites is 1. The first-order valence-electron chi connectivity index (χ1n) is 8.62. The second kappa shape index (κ2) is 5.53. The van der Waals surface area contributed by atoms with Gasteiger partial charge >= 0.3 is 0 Å². The lowest BCUT2D eigenvalue weighted by Crippen LogP contribution is -2.46. The van der Waals surface area contributed by atoms with Gasteiger partial charge in [0, 0.05) is 19.0 Å². The fraction of sp³-hybridized carbons (Fsp3) is 0.350. The number of methoxy groups -OCH3 is 1. The highest BCUT2D eigenvalue weighted by Crippen LogP contribution is 2.49. The van der Waals surface area contributed by atoms with E-state index in [9.17, 15) is 20.1 Å². The molecule has 0 saturated carbocycles. The van der Waals surface area contributed by atoms with E-state index in [1.54, 1.807) is 37.6 Å². The van der Waals surface area contributed by atoms with Crippen LogP contribution in [0.1, 0.15) is 19.4 Å². The van der Waals surface area contributed by atoms with Crippen LogP contribution >= 0.6 is 0 Å². The minimum Gasteiger partial charge on any atom is -0.506 e. The molecular weight excluding hydrogens is 350 g/mol. The molecule has 3 aromatic rings. The van der Waals surface area contributed by atoms with Crippen molar-refractivity contribution in [3.05, 3.63) is 34.0 Å². The van der Waals surface area contributed by atoms with Crippen LogP contribution in [0, 0.1) is 0 Å². The molecule has 7 nitrogen and oxygen atoms in total. The van der Waals surface area contributed by atoms with Crippen LogP contribution in [0.4, 0.5) is 0 Å². The van der Waals surface area contributed by atoms with E-state index in [0.29, 0.717) is 22.0 Å². The van der Waals surface area contributed by atoms with E-state index >= 15 is 0 Å². The van der Waals surface area contributed by atoms with Gasteiger partial charge in [-0.1, -0.05) is 6.07 Å². The largest absolute Gasteiger partial charge is 0.506 e. The highest BCUT2D eigenvalue weighted by atomic mass is 16.5. The molecule has 7 heteroatoms. The number of hydrogen-bond donors (Lipinski definition) is 3. The number of ether oxygens (including phenoxy) is 2. The summed E-state index contributed by atoms with van der Waals surface area (Å²) in [6.45, 7) is 3.45. The van der Waals surface area contributed by atoms with E-state index in [0.717, 1.165) is 0 Å². The minimum absolute atomic E-state index is 0.0510. The molecule has 1 aromatic heterocycles. The second-order valence-electron chi connectivity index (χ2n) is 7.40. The topological polar surface area (TPSA) is 101 Å². The summed E-state index contributed by atoms with van der Waals surface area (Å²) in [5.74, 6) is 0.109. The van der Waals surface area contributed by atoms with E-state index in [1.807, 2.05) is 0 Å². The molecule has 2 heterocycles. The Morgan fingerprint density at radius 2 is 1.96 bits per heavy atom. The predicted octanol–water partition coefficient (Wildman–Crippen LogP) is 2.19. The average molecular weight is 371 g/mol. The highest BCUT2D eigenvalue weighted by Gasteiger charge is 2.40. The maximum atomic E-state index is 13.3. The Balaban J connectivity index is 2.30. The van der Waals surface area contributed by atoms with Crippen LogP contribution in [0.25, 0.3) is 21.8 Å². The van der Waals surface area contributed by atoms with Gasteiger partial charge in [0.05, 0.1) is 29.5 Å². The molecule has 1 aliphatic heterocycles. The first-order valence-corrected chi connectivity index (χ1v) is 8.62. The van der Waals surface area contributed by atoms with E-state index in [1.165, 1.54) is 13.2 Å². The maximum Gasteiger partial charge on any atom is 0.201 e. The molecule has 0 amide bonds. The molecule has 2 aromatic carbocycles. The summed E-state index contributed by atoms with van der Waals surface area (Å²) in [4.78, 5) is 13.3. The summed E-state index contributed by atoms with van der Waals surface area (Å²) in [6.07, 6.45) is -0.728. The Morgan fingerprint density at radius 3 is 2.63 bits per heavy atom. The van der Waals surface area contributed by atoms with E-state index in [-0.39, 0.29) is 40.2 Å². The summed E-state index contributed by atoms with van der Waals surface area (Å²) >= 11 is 0. The van der Waals surface area contributed by atoms with E-state index in [4.69, 9.17) is 9.47 Å². The zero-order valence-corrected chi connectivity index (χ0v) is 15.5. The fourth-order valence-electron chi connectivity index (χ4n) is 3.84. The first kappa shape index (κ1) is 17.5. The Hall–Kier alpha value is -2.93. The van der Waals surface area contributed by atoms with Crippen LogP contribution in [0.2, 0.25) is 0 Å². The molecule has 1 atom stereocenters. The van der Waals surface area contributed by atoms with Crippen molar-refractivity contribution in [2.75, 3.05) is 7.11 Å². The molecule has 27 heavy (non-hydrogen) atoms. The molecule has 0 unspecified atom stereocenters. The number of aliphatic hydroxyl groups is 1. The van der Waals surface area contributed by atoms with Crippen LogP contribution in [0.15, 0.2) is 23.0 Å². The number of pyridine rings is 1. The number of rotatable bonds is 1. The number of phenols is 2. The van der Waals surface area contributed by atoms with Crippen molar-refractivity contribution in [2.45, 2.75) is 32.0 Å². The van der Waals surface area contributed by atoms with Gasteiger partial charge in [-0.3, -0.25) is 4.79 Å². The lowest BCUT2D eigenvalue weighted by Gasteiger charge is -2.38. The van der Waals surface area contributed by atoms with Crippen LogP contribution in [-0.4, -0.2) is 38.7 Å². The zero-order valence-electron chi connectivity index (χ0n) is 15.5. The third kappa shape index (κ3) is 2.21. The number of aromatic hydroxyl groups is 2. The number of phenolic OH excluding ortho intramolecular Hbond substituents is 2. The van der Waals surface area contributed by atoms with Crippen LogP contribution in [0.3, 0.4) is 0 Å². The minimum atomic E-state index is -0.931. The Labute approximate surface area is 155 Å². The number of nitrogens with zero attached hydrogens (tertiary/aromatic N) is 1. The van der Waals surface area contributed by atoms with Crippen LogP contribution < -0.4 is 14.9 Å². The summed E-state index contributed by atoms with van der Waals surface area (Å²) in [6, 6.07) is 4.73. The lowest BCUT2D eigenvalue weighted by atomic mass is 9.88. The van der Waals surface area contributed by atoms with Gasteiger partial charge in [-0.25, -0.2) is 0 Å². The van der Waals surface area contributed by atoms with Crippen molar-refractivity contribution in [2.24, 2.45) is 7.05 Å². The Bertz CT molecular complexity index is 1160. The number of hydrogen-bond acceptors (Lipinski definition) is 6. The molecule has 0 bridgehead atoms. The summed E-state index contributed by atoms with van der Waals surface area (Å²) in [7, 11) is 3.07. The van der Waals surface area contributed by atoms with Crippen molar-refractivity contribution in [1.82, 2.24) is 4.57 Å². The quantitative estimate of drug-likeness (QED) is 0.567. The van der Waals surface area contributed by atoms with Gasteiger partial charge in [0.1, 0.15) is 22.6 Å². The van der Waals surface area contributed by atoms with Crippen molar-refractivity contribution in [3.8, 4) is 23.0 Å². The normalized spacial score (nSPS) is 18.3. The van der Waals surface area contributed by atoms with Crippen molar-refractivity contribution >= 4 is 21.8 Å². The SMILES string of the molecule is COc1c(O)c2c(c3c(=O)c4cccc(O)c4n(C)c13)OC(C)(C)[C@H](O)C2. The maximum absolute atomic E-state index is 13.3. The number of fused-ring (bicyclic) bond motifs is 4. The molecule has 0 spiro atoms. The lowest BCUT2D eigenvalue weighted by molar-refractivity contribution is -0.0406.